The van der Waals surface area contributed by atoms with Crippen molar-refractivity contribution in [1.29, 1.82) is 0 Å². The molecule has 0 radical (unpaired) electrons. The quantitative estimate of drug-likeness (QED) is 0.857. The number of carbonyl (C=O) groups is 2. The molecule has 0 atom stereocenters. The Labute approximate surface area is 123 Å². The lowest BCUT2D eigenvalue weighted by Gasteiger charge is -2.04. The Balaban J connectivity index is 2.01. The number of methoxy groups -OCH3 is 1. The molecule has 2 aromatic rings. The highest BCUT2D eigenvalue weighted by Crippen LogP contribution is 2.25. The average molecular weight is 289 g/mol. The molecule has 5 nitrogen and oxygen atoms in total. The number of esters is 1. The minimum atomic E-state index is -0.338. The fourth-order valence-corrected chi connectivity index (χ4v) is 2.11. The molecule has 0 aliphatic heterocycles. The molecule has 0 spiro atoms. The number of furan rings is 1. The van der Waals surface area contributed by atoms with Crippen molar-refractivity contribution < 1.29 is 18.7 Å². The van der Waals surface area contributed by atoms with Gasteiger partial charge in [-0.3, -0.25) is 9.59 Å². The number of rotatable bonds is 5. The monoisotopic (exact) mass is 289 g/mol. The van der Waals surface area contributed by atoms with Crippen molar-refractivity contribution in [1.82, 2.24) is 5.32 Å². The number of aryl methyl sites for hydroxylation is 2. The van der Waals surface area contributed by atoms with E-state index in [1.807, 2.05) is 26.0 Å². The van der Waals surface area contributed by atoms with Gasteiger partial charge in [-0.15, -0.1) is 0 Å². The summed E-state index contributed by atoms with van der Waals surface area (Å²) in [6.07, 6.45) is 2.02. The van der Waals surface area contributed by atoms with Crippen LogP contribution < -0.4 is 5.32 Å². The Bertz CT molecular complexity index is 672. The number of amides is 1. The molecule has 1 N–H and O–H groups in total. The first kappa shape index (κ1) is 15.1. The highest BCUT2D eigenvalue weighted by Gasteiger charge is 2.12. The molecule has 0 unspecified atom stereocenters. The van der Waals surface area contributed by atoms with Gasteiger partial charge in [0.25, 0.3) is 0 Å². The summed E-state index contributed by atoms with van der Waals surface area (Å²) in [5.74, 6) is -0.477. The molecule has 0 saturated heterocycles. The van der Waals surface area contributed by atoms with Crippen molar-refractivity contribution in [3.8, 4) is 0 Å². The summed E-state index contributed by atoms with van der Waals surface area (Å²) in [5, 5.41) is 3.65. The van der Waals surface area contributed by atoms with E-state index in [-0.39, 0.29) is 31.3 Å². The fraction of sp³-hybridized carbons (Fsp3) is 0.375. The highest BCUT2D eigenvalue weighted by molar-refractivity contribution is 5.88. The zero-order valence-electron chi connectivity index (χ0n) is 12.5. The molecule has 0 aliphatic carbocycles. The van der Waals surface area contributed by atoms with E-state index in [1.165, 1.54) is 7.11 Å². The van der Waals surface area contributed by atoms with Gasteiger partial charge in [0.1, 0.15) is 5.58 Å². The predicted molar refractivity (Wildman–Crippen MR) is 79.0 cm³/mol. The maximum Gasteiger partial charge on any atom is 0.307 e. The van der Waals surface area contributed by atoms with Gasteiger partial charge in [-0.25, -0.2) is 0 Å². The van der Waals surface area contributed by atoms with E-state index < -0.39 is 0 Å². The Kier molecular flexibility index (Phi) is 4.62. The van der Waals surface area contributed by atoms with Crippen molar-refractivity contribution in [3.63, 3.8) is 0 Å². The molecule has 0 fully saturated rings. The van der Waals surface area contributed by atoms with Crippen molar-refractivity contribution in [2.75, 3.05) is 13.7 Å². The van der Waals surface area contributed by atoms with Crippen LogP contribution in [0.25, 0.3) is 11.0 Å². The minimum absolute atomic E-state index is 0.139. The van der Waals surface area contributed by atoms with Crippen molar-refractivity contribution in [2.24, 2.45) is 0 Å². The molecule has 1 aromatic heterocycles. The molecular weight excluding hydrogens is 270 g/mol. The summed E-state index contributed by atoms with van der Waals surface area (Å²) >= 11 is 0. The summed E-state index contributed by atoms with van der Waals surface area (Å²) in [5.41, 5.74) is 3.96. The largest absolute Gasteiger partial charge is 0.469 e. The Morgan fingerprint density at radius 1 is 1.24 bits per heavy atom. The van der Waals surface area contributed by atoms with Crippen molar-refractivity contribution in [2.45, 2.75) is 26.7 Å². The number of hydrogen-bond donors (Lipinski definition) is 1. The Morgan fingerprint density at radius 2 is 1.95 bits per heavy atom. The van der Waals surface area contributed by atoms with Gasteiger partial charge in [0, 0.05) is 17.5 Å². The molecule has 112 valence electrons. The third-order valence-electron chi connectivity index (χ3n) is 3.50. The summed E-state index contributed by atoms with van der Waals surface area (Å²) in [6, 6.07) is 4.01. The van der Waals surface area contributed by atoms with Gasteiger partial charge in [0.2, 0.25) is 5.91 Å². The topological polar surface area (TPSA) is 68.5 Å². The molecule has 21 heavy (non-hydrogen) atoms. The van der Waals surface area contributed by atoms with Crippen LogP contribution in [0.15, 0.2) is 22.8 Å². The SMILES string of the molecule is COC(=O)CCNC(=O)Cc1coc2cc(C)c(C)cc12. The van der Waals surface area contributed by atoms with Crippen molar-refractivity contribution >= 4 is 22.8 Å². The van der Waals surface area contributed by atoms with Crippen molar-refractivity contribution in [3.05, 3.63) is 35.1 Å². The molecule has 2 rings (SSSR count). The molecule has 1 heterocycles. The number of ether oxygens (including phenoxy) is 1. The third kappa shape index (κ3) is 3.62. The minimum Gasteiger partial charge on any atom is -0.469 e. The third-order valence-corrected chi connectivity index (χ3v) is 3.50. The first-order valence-corrected chi connectivity index (χ1v) is 6.82. The van der Waals surface area contributed by atoms with E-state index in [4.69, 9.17) is 4.42 Å². The standard InChI is InChI=1S/C16H19NO4/c1-10-6-13-12(9-21-14(13)7-11(10)2)8-15(18)17-5-4-16(19)20-3/h6-7,9H,4-5,8H2,1-3H3,(H,17,18). The molecule has 5 heteroatoms. The van der Waals surface area contributed by atoms with E-state index in [0.717, 1.165) is 27.7 Å². The second kappa shape index (κ2) is 6.43. The maximum absolute atomic E-state index is 11.9. The van der Waals surface area contributed by atoms with E-state index in [0.29, 0.717) is 0 Å². The average Bonchev–Trinajstić information content (AvgIpc) is 2.81. The zero-order valence-corrected chi connectivity index (χ0v) is 12.5. The maximum atomic E-state index is 11.9. The van der Waals surface area contributed by atoms with E-state index in [2.05, 4.69) is 10.1 Å². The van der Waals surface area contributed by atoms with Gasteiger partial charge in [-0.2, -0.15) is 0 Å². The Morgan fingerprint density at radius 3 is 2.67 bits per heavy atom. The number of carbonyl (C=O) groups excluding carboxylic acids is 2. The number of benzene rings is 1. The molecule has 0 saturated carbocycles. The predicted octanol–water partition coefficient (Wildman–Crippen LogP) is 2.27. The second-order valence-electron chi connectivity index (χ2n) is 5.05. The summed E-state index contributed by atoms with van der Waals surface area (Å²) < 4.78 is 10.0. The van der Waals surface area contributed by atoms with E-state index in [1.54, 1.807) is 6.26 Å². The van der Waals surface area contributed by atoms with Crippen LogP contribution in [0.4, 0.5) is 0 Å². The molecule has 1 amide bonds. The lowest BCUT2D eigenvalue weighted by atomic mass is 10.0. The van der Waals surface area contributed by atoms with Gasteiger partial charge in [-0.1, -0.05) is 0 Å². The molecule has 0 aliphatic rings. The van der Waals surface area contributed by atoms with Gasteiger partial charge >= 0.3 is 5.97 Å². The zero-order chi connectivity index (χ0) is 15.4. The van der Waals surface area contributed by atoms with Crippen LogP contribution in [0.2, 0.25) is 0 Å². The Hall–Kier alpha value is -2.30. The summed E-state index contributed by atoms with van der Waals surface area (Å²) in [6.45, 7) is 4.33. The number of hydrogen-bond acceptors (Lipinski definition) is 4. The molecule has 1 aromatic carbocycles. The fourth-order valence-electron chi connectivity index (χ4n) is 2.11. The van der Waals surface area contributed by atoms with Crippen LogP contribution in [0.3, 0.4) is 0 Å². The van der Waals surface area contributed by atoms with E-state index in [9.17, 15) is 9.59 Å². The first-order chi connectivity index (χ1) is 10.0. The van der Waals surface area contributed by atoms with Gasteiger partial charge in [0.05, 0.1) is 26.2 Å². The van der Waals surface area contributed by atoms with Crippen LogP contribution in [0, 0.1) is 13.8 Å². The lowest BCUT2D eigenvalue weighted by molar-refractivity contribution is -0.140. The van der Waals surface area contributed by atoms with E-state index >= 15 is 0 Å². The van der Waals surface area contributed by atoms with Gasteiger partial charge in [0.15, 0.2) is 0 Å². The smallest absolute Gasteiger partial charge is 0.307 e. The summed E-state index contributed by atoms with van der Waals surface area (Å²) in [4.78, 5) is 22.8. The van der Waals surface area contributed by atoms with Crippen LogP contribution in [0.5, 0.6) is 0 Å². The number of nitrogens with one attached hydrogen (secondary N) is 1. The lowest BCUT2D eigenvalue weighted by Crippen LogP contribution is -2.27. The highest BCUT2D eigenvalue weighted by atomic mass is 16.5. The second-order valence-corrected chi connectivity index (χ2v) is 5.05. The normalized spacial score (nSPS) is 10.6. The first-order valence-electron chi connectivity index (χ1n) is 6.82. The number of fused-ring (bicyclic) bond motifs is 1. The van der Waals surface area contributed by atoms with Gasteiger partial charge < -0.3 is 14.5 Å². The van der Waals surface area contributed by atoms with Crippen LogP contribution in [0.1, 0.15) is 23.1 Å². The molecule has 0 bridgehead atoms. The van der Waals surface area contributed by atoms with Crippen LogP contribution in [-0.4, -0.2) is 25.5 Å². The van der Waals surface area contributed by atoms with Gasteiger partial charge in [-0.05, 0) is 37.1 Å². The summed E-state index contributed by atoms with van der Waals surface area (Å²) in [7, 11) is 1.33. The van der Waals surface area contributed by atoms with Crippen LogP contribution in [-0.2, 0) is 20.7 Å². The van der Waals surface area contributed by atoms with Crippen LogP contribution >= 0.6 is 0 Å². The molecular formula is C16H19NO4.